The van der Waals surface area contributed by atoms with E-state index in [1.807, 2.05) is 0 Å². The summed E-state index contributed by atoms with van der Waals surface area (Å²) >= 11 is 3.46. The molecular formula is C13H12BrNO. The van der Waals surface area contributed by atoms with E-state index < -0.39 is 0 Å². The van der Waals surface area contributed by atoms with Crippen LogP contribution in [0.4, 0.5) is 0 Å². The van der Waals surface area contributed by atoms with Gasteiger partial charge in [-0.25, -0.2) is 0 Å². The minimum absolute atomic E-state index is 0.772. The third kappa shape index (κ3) is 1.50. The molecule has 16 heavy (non-hydrogen) atoms. The third-order valence-electron chi connectivity index (χ3n) is 3.13. The minimum Gasteiger partial charge on any atom is -0.356 e. The molecule has 0 fully saturated rings. The highest BCUT2D eigenvalue weighted by atomic mass is 79.9. The predicted molar refractivity (Wildman–Crippen MR) is 66.6 cm³/mol. The van der Waals surface area contributed by atoms with Crippen LogP contribution in [0.1, 0.15) is 23.2 Å². The van der Waals surface area contributed by atoms with Crippen LogP contribution in [0.5, 0.6) is 0 Å². The summed E-state index contributed by atoms with van der Waals surface area (Å²) in [4.78, 5) is 0. The molecule has 1 aromatic heterocycles. The summed E-state index contributed by atoms with van der Waals surface area (Å²) < 4.78 is 5.50. The molecule has 0 unspecified atom stereocenters. The van der Waals surface area contributed by atoms with Gasteiger partial charge < -0.3 is 4.52 Å². The zero-order chi connectivity index (χ0) is 11.0. The van der Waals surface area contributed by atoms with Crippen molar-refractivity contribution in [2.45, 2.75) is 24.6 Å². The Balaban J connectivity index is 2.22. The number of aryl methyl sites for hydroxylation is 1. The van der Waals surface area contributed by atoms with Gasteiger partial charge in [0, 0.05) is 16.5 Å². The number of benzene rings is 1. The van der Waals surface area contributed by atoms with Gasteiger partial charge in [0.25, 0.3) is 0 Å². The van der Waals surface area contributed by atoms with Crippen molar-refractivity contribution in [1.82, 2.24) is 5.16 Å². The Labute approximate surface area is 103 Å². The molecule has 0 bridgehead atoms. The molecule has 2 aromatic rings. The van der Waals surface area contributed by atoms with Gasteiger partial charge in [0.15, 0.2) is 5.76 Å². The molecule has 1 aliphatic carbocycles. The van der Waals surface area contributed by atoms with Crippen LogP contribution in [0.15, 0.2) is 28.8 Å². The molecule has 0 amide bonds. The summed E-state index contributed by atoms with van der Waals surface area (Å²) in [5.41, 5.74) is 4.92. The van der Waals surface area contributed by atoms with Crippen molar-refractivity contribution < 1.29 is 4.52 Å². The van der Waals surface area contributed by atoms with E-state index in [0.29, 0.717) is 0 Å². The van der Waals surface area contributed by atoms with E-state index in [1.54, 1.807) is 0 Å². The zero-order valence-electron chi connectivity index (χ0n) is 8.87. The van der Waals surface area contributed by atoms with Crippen LogP contribution in [0, 0.1) is 0 Å². The Morgan fingerprint density at radius 3 is 3.00 bits per heavy atom. The van der Waals surface area contributed by atoms with E-state index in [2.05, 4.69) is 45.4 Å². The molecule has 0 aliphatic heterocycles. The topological polar surface area (TPSA) is 26.0 Å². The lowest BCUT2D eigenvalue weighted by Crippen LogP contribution is -1.89. The monoisotopic (exact) mass is 277 g/mol. The van der Waals surface area contributed by atoms with Crippen LogP contribution in [-0.4, -0.2) is 5.16 Å². The number of hydrogen-bond donors (Lipinski definition) is 0. The van der Waals surface area contributed by atoms with Gasteiger partial charge in [-0.3, -0.25) is 0 Å². The molecule has 0 radical (unpaired) electrons. The number of fused-ring (bicyclic) bond motifs is 3. The van der Waals surface area contributed by atoms with Crippen molar-refractivity contribution >= 4 is 15.9 Å². The van der Waals surface area contributed by atoms with Crippen LogP contribution in [-0.2, 0) is 18.2 Å². The maximum atomic E-state index is 5.50. The molecule has 0 spiro atoms. The van der Waals surface area contributed by atoms with E-state index in [1.165, 1.54) is 23.1 Å². The molecule has 1 aliphatic rings. The lowest BCUT2D eigenvalue weighted by atomic mass is 10.0. The van der Waals surface area contributed by atoms with Gasteiger partial charge in [-0.15, -0.1) is 0 Å². The summed E-state index contributed by atoms with van der Waals surface area (Å²) in [5, 5.41) is 4.91. The standard InChI is InChI=1S/C13H12BrNO/c14-8-12-11-7-3-5-9-4-1-2-6-10(9)13(11)16-15-12/h1-2,4,6H,3,5,7-8H2. The highest BCUT2D eigenvalue weighted by molar-refractivity contribution is 9.08. The number of hydrogen-bond acceptors (Lipinski definition) is 2. The Bertz CT molecular complexity index is 518. The normalized spacial score (nSPS) is 14.1. The lowest BCUT2D eigenvalue weighted by Gasteiger charge is -2.02. The predicted octanol–water partition coefficient (Wildman–Crippen LogP) is 3.73. The van der Waals surface area contributed by atoms with Gasteiger partial charge in [0.05, 0.1) is 5.69 Å². The van der Waals surface area contributed by atoms with Crippen LogP contribution < -0.4 is 0 Å². The molecule has 82 valence electrons. The molecule has 1 heterocycles. The maximum absolute atomic E-state index is 5.50. The molecule has 0 saturated carbocycles. The van der Waals surface area contributed by atoms with Crippen molar-refractivity contribution in [2.24, 2.45) is 0 Å². The Hall–Kier alpha value is -1.09. The summed E-state index contributed by atoms with van der Waals surface area (Å²) in [6, 6.07) is 8.46. The van der Waals surface area contributed by atoms with Gasteiger partial charge in [0.2, 0.25) is 0 Å². The summed E-state index contributed by atoms with van der Waals surface area (Å²) in [6.07, 6.45) is 3.36. The minimum atomic E-state index is 0.772. The number of alkyl halides is 1. The summed E-state index contributed by atoms with van der Waals surface area (Å²) in [5.74, 6) is 0.975. The van der Waals surface area contributed by atoms with Gasteiger partial charge in [-0.2, -0.15) is 0 Å². The summed E-state index contributed by atoms with van der Waals surface area (Å²) in [6.45, 7) is 0. The SMILES string of the molecule is BrCc1noc2c1CCCc1ccccc1-2. The second kappa shape index (κ2) is 4.06. The van der Waals surface area contributed by atoms with Gasteiger partial charge >= 0.3 is 0 Å². The first-order valence-corrected chi connectivity index (χ1v) is 6.64. The quantitative estimate of drug-likeness (QED) is 0.743. The Kier molecular flexibility index (Phi) is 2.56. The third-order valence-corrected chi connectivity index (χ3v) is 3.66. The van der Waals surface area contributed by atoms with Crippen LogP contribution >= 0.6 is 15.9 Å². The van der Waals surface area contributed by atoms with E-state index in [4.69, 9.17) is 4.52 Å². The number of nitrogens with zero attached hydrogens (tertiary/aromatic N) is 1. The molecule has 3 rings (SSSR count). The smallest absolute Gasteiger partial charge is 0.170 e. The molecule has 3 heteroatoms. The fourth-order valence-corrected chi connectivity index (χ4v) is 2.77. The highest BCUT2D eigenvalue weighted by Gasteiger charge is 2.21. The second-order valence-corrected chi connectivity index (χ2v) is 4.64. The first-order valence-electron chi connectivity index (χ1n) is 5.52. The van der Waals surface area contributed by atoms with Gasteiger partial charge in [-0.05, 0) is 24.8 Å². The highest BCUT2D eigenvalue weighted by Crippen LogP contribution is 2.34. The number of halogens is 1. The zero-order valence-corrected chi connectivity index (χ0v) is 10.5. The van der Waals surface area contributed by atoms with Crippen LogP contribution in [0.2, 0.25) is 0 Å². The Morgan fingerprint density at radius 1 is 1.25 bits per heavy atom. The Morgan fingerprint density at radius 2 is 2.12 bits per heavy atom. The second-order valence-electron chi connectivity index (χ2n) is 4.08. The van der Waals surface area contributed by atoms with E-state index in [9.17, 15) is 0 Å². The van der Waals surface area contributed by atoms with E-state index in [-0.39, 0.29) is 0 Å². The average Bonchev–Trinajstić information content (AvgIpc) is 2.64. The van der Waals surface area contributed by atoms with E-state index in [0.717, 1.165) is 29.6 Å². The average molecular weight is 278 g/mol. The van der Waals surface area contributed by atoms with Crippen molar-refractivity contribution in [3.63, 3.8) is 0 Å². The van der Waals surface area contributed by atoms with Crippen LogP contribution in [0.3, 0.4) is 0 Å². The molecule has 0 N–H and O–H groups in total. The summed E-state index contributed by atoms with van der Waals surface area (Å²) in [7, 11) is 0. The maximum Gasteiger partial charge on any atom is 0.170 e. The lowest BCUT2D eigenvalue weighted by molar-refractivity contribution is 0.426. The fraction of sp³-hybridized carbons (Fsp3) is 0.308. The number of rotatable bonds is 1. The van der Waals surface area contributed by atoms with E-state index >= 15 is 0 Å². The first-order chi connectivity index (χ1) is 7.90. The molecule has 2 nitrogen and oxygen atoms in total. The molecular weight excluding hydrogens is 266 g/mol. The molecule has 0 saturated heterocycles. The molecule has 1 aromatic carbocycles. The first kappa shape index (κ1) is 10.1. The van der Waals surface area contributed by atoms with Gasteiger partial charge in [0.1, 0.15) is 0 Å². The van der Waals surface area contributed by atoms with Crippen molar-refractivity contribution in [3.8, 4) is 11.3 Å². The molecule has 0 atom stereocenters. The van der Waals surface area contributed by atoms with Crippen molar-refractivity contribution in [2.75, 3.05) is 0 Å². The van der Waals surface area contributed by atoms with Gasteiger partial charge in [-0.1, -0.05) is 45.4 Å². The fourth-order valence-electron chi connectivity index (χ4n) is 2.33. The largest absolute Gasteiger partial charge is 0.356 e. The van der Waals surface area contributed by atoms with Crippen molar-refractivity contribution in [3.05, 3.63) is 41.1 Å². The van der Waals surface area contributed by atoms with Crippen molar-refractivity contribution in [1.29, 1.82) is 0 Å². The van der Waals surface area contributed by atoms with Crippen LogP contribution in [0.25, 0.3) is 11.3 Å². The number of aromatic nitrogens is 1.